The van der Waals surface area contributed by atoms with E-state index in [1.54, 1.807) is 6.07 Å². The van der Waals surface area contributed by atoms with Crippen LogP contribution in [0.25, 0.3) is 0 Å². The molecule has 8 nitrogen and oxygen atoms in total. The number of methoxy groups -OCH3 is 1. The Balaban J connectivity index is 1.86. The normalized spacial score (nSPS) is 9.88. The summed E-state index contributed by atoms with van der Waals surface area (Å²) in [6.45, 7) is -0.186. The van der Waals surface area contributed by atoms with Crippen molar-refractivity contribution in [2.45, 2.75) is 6.54 Å². The fourth-order valence-electron chi connectivity index (χ4n) is 2.08. The topological polar surface area (TPSA) is 120 Å². The summed E-state index contributed by atoms with van der Waals surface area (Å²) < 4.78 is 10.3. The Morgan fingerprint density at radius 3 is 2.46 bits per heavy atom. The summed E-state index contributed by atoms with van der Waals surface area (Å²) in [5.74, 6) is -0.847. The lowest BCUT2D eigenvalue weighted by Crippen LogP contribution is -2.41. The molecule has 0 aliphatic rings. The average molecular weight is 357 g/mol. The third kappa shape index (κ3) is 5.52. The van der Waals surface area contributed by atoms with Crippen LogP contribution in [-0.2, 0) is 11.3 Å². The fourth-order valence-corrected chi connectivity index (χ4v) is 2.08. The number of urea groups is 1. The molecule has 136 valence electrons. The van der Waals surface area contributed by atoms with Crippen molar-refractivity contribution < 1.29 is 23.9 Å². The van der Waals surface area contributed by atoms with Crippen molar-refractivity contribution in [3.05, 3.63) is 59.7 Å². The maximum Gasteiger partial charge on any atom is 0.321 e. The highest BCUT2D eigenvalue weighted by Crippen LogP contribution is 2.24. The standard InChI is InChI=1S/C18H19N3O5/c1-25-13-7-8-14(17(19)23)15(9-13)26-11-16(22)21-18(24)20-10-12-5-3-2-4-6-12/h2-9H,10-11H2,1H3,(H2,19,23)(H2,20,21,22,24). The number of nitrogens with two attached hydrogens (primary N) is 1. The van der Waals surface area contributed by atoms with Gasteiger partial charge in [0, 0.05) is 12.6 Å². The summed E-state index contributed by atoms with van der Waals surface area (Å²) in [7, 11) is 1.45. The van der Waals surface area contributed by atoms with E-state index in [0.717, 1.165) is 5.56 Å². The van der Waals surface area contributed by atoms with E-state index >= 15 is 0 Å². The number of hydrogen-bond donors (Lipinski definition) is 3. The molecule has 0 bridgehead atoms. The molecule has 0 saturated heterocycles. The molecule has 0 saturated carbocycles. The number of rotatable bonds is 7. The minimum Gasteiger partial charge on any atom is -0.497 e. The maximum absolute atomic E-state index is 11.8. The number of carbonyl (C=O) groups excluding carboxylic acids is 3. The molecule has 26 heavy (non-hydrogen) atoms. The maximum atomic E-state index is 11.8. The SMILES string of the molecule is COc1ccc(C(N)=O)c(OCC(=O)NC(=O)NCc2ccccc2)c1. The second-order valence-electron chi connectivity index (χ2n) is 5.23. The van der Waals surface area contributed by atoms with Gasteiger partial charge in [-0.3, -0.25) is 14.9 Å². The number of imide groups is 1. The number of benzene rings is 2. The molecule has 4 amide bonds. The van der Waals surface area contributed by atoms with E-state index in [9.17, 15) is 14.4 Å². The predicted octanol–water partition coefficient (Wildman–Crippen LogP) is 1.20. The Hall–Kier alpha value is -3.55. The first kappa shape index (κ1) is 18.8. The molecule has 2 rings (SSSR count). The molecule has 2 aromatic rings. The van der Waals surface area contributed by atoms with Gasteiger partial charge in [-0.15, -0.1) is 0 Å². The van der Waals surface area contributed by atoms with Crippen molar-refractivity contribution in [1.29, 1.82) is 0 Å². The fraction of sp³-hybridized carbons (Fsp3) is 0.167. The summed E-state index contributed by atoms with van der Waals surface area (Å²) in [6.07, 6.45) is 0. The smallest absolute Gasteiger partial charge is 0.321 e. The van der Waals surface area contributed by atoms with Gasteiger partial charge in [0.2, 0.25) is 0 Å². The quantitative estimate of drug-likeness (QED) is 0.688. The Kier molecular flexibility index (Phi) is 6.55. The van der Waals surface area contributed by atoms with E-state index in [1.807, 2.05) is 30.3 Å². The van der Waals surface area contributed by atoms with Gasteiger partial charge in [-0.25, -0.2) is 4.79 Å². The Morgan fingerprint density at radius 1 is 1.08 bits per heavy atom. The number of carbonyl (C=O) groups is 3. The van der Waals surface area contributed by atoms with Gasteiger partial charge in [-0.2, -0.15) is 0 Å². The molecular weight excluding hydrogens is 338 g/mol. The second-order valence-corrected chi connectivity index (χ2v) is 5.23. The summed E-state index contributed by atoms with van der Waals surface area (Å²) in [5.41, 5.74) is 6.26. The number of amides is 4. The van der Waals surface area contributed by atoms with Crippen molar-refractivity contribution in [2.24, 2.45) is 5.73 Å². The highest BCUT2D eigenvalue weighted by atomic mass is 16.5. The summed E-state index contributed by atoms with van der Waals surface area (Å²) in [5, 5.41) is 4.69. The van der Waals surface area contributed by atoms with Gasteiger partial charge in [-0.05, 0) is 17.7 Å². The molecule has 0 aliphatic heterocycles. The van der Waals surface area contributed by atoms with Crippen LogP contribution in [-0.4, -0.2) is 31.6 Å². The van der Waals surface area contributed by atoms with Crippen LogP contribution in [0.3, 0.4) is 0 Å². The Morgan fingerprint density at radius 2 is 1.81 bits per heavy atom. The average Bonchev–Trinajstić information content (AvgIpc) is 2.65. The third-order valence-electron chi connectivity index (χ3n) is 3.36. The molecule has 0 radical (unpaired) electrons. The molecule has 4 N–H and O–H groups in total. The second kappa shape index (κ2) is 9.07. The van der Waals surface area contributed by atoms with Gasteiger partial charge in [0.1, 0.15) is 11.5 Å². The Bertz CT molecular complexity index is 793. The van der Waals surface area contributed by atoms with Crippen LogP contribution in [0.1, 0.15) is 15.9 Å². The van der Waals surface area contributed by atoms with E-state index in [1.165, 1.54) is 19.2 Å². The number of primary amides is 1. The molecule has 0 unspecified atom stereocenters. The van der Waals surface area contributed by atoms with Crippen LogP contribution < -0.4 is 25.8 Å². The van der Waals surface area contributed by atoms with E-state index < -0.39 is 24.5 Å². The van der Waals surface area contributed by atoms with Crippen molar-refractivity contribution >= 4 is 17.8 Å². The lowest BCUT2D eigenvalue weighted by molar-refractivity contribution is -0.122. The zero-order chi connectivity index (χ0) is 18.9. The van der Waals surface area contributed by atoms with Gasteiger partial charge < -0.3 is 20.5 Å². The van der Waals surface area contributed by atoms with E-state index in [0.29, 0.717) is 5.75 Å². The lowest BCUT2D eigenvalue weighted by atomic mass is 10.2. The van der Waals surface area contributed by atoms with Gasteiger partial charge >= 0.3 is 6.03 Å². The van der Waals surface area contributed by atoms with Crippen molar-refractivity contribution in [3.8, 4) is 11.5 Å². The van der Waals surface area contributed by atoms with Crippen molar-refractivity contribution in [2.75, 3.05) is 13.7 Å². The third-order valence-corrected chi connectivity index (χ3v) is 3.36. The molecule has 0 fully saturated rings. The van der Waals surface area contributed by atoms with Crippen LogP contribution in [0.5, 0.6) is 11.5 Å². The molecule has 0 spiro atoms. The van der Waals surface area contributed by atoms with E-state index in [-0.39, 0.29) is 17.9 Å². The van der Waals surface area contributed by atoms with Crippen LogP contribution in [0, 0.1) is 0 Å². The molecule has 8 heteroatoms. The molecule has 0 aliphatic carbocycles. The van der Waals surface area contributed by atoms with Gasteiger partial charge in [0.05, 0.1) is 12.7 Å². The van der Waals surface area contributed by atoms with Crippen molar-refractivity contribution in [3.63, 3.8) is 0 Å². The first-order chi connectivity index (χ1) is 12.5. The predicted molar refractivity (Wildman–Crippen MR) is 93.8 cm³/mol. The lowest BCUT2D eigenvalue weighted by Gasteiger charge is -2.11. The Labute approximate surface area is 150 Å². The number of nitrogens with one attached hydrogen (secondary N) is 2. The zero-order valence-corrected chi connectivity index (χ0v) is 14.2. The number of hydrogen-bond acceptors (Lipinski definition) is 5. The molecule has 0 aromatic heterocycles. The summed E-state index contributed by atoms with van der Waals surface area (Å²) in [6, 6.07) is 13.0. The van der Waals surface area contributed by atoms with Gasteiger partial charge in [-0.1, -0.05) is 30.3 Å². The van der Waals surface area contributed by atoms with Crippen LogP contribution in [0.2, 0.25) is 0 Å². The summed E-state index contributed by atoms with van der Waals surface area (Å²) in [4.78, 5) is 35.0. The first-order valence-corrected chi connectivity index (χ1v) is 7.72. The monoisotopic (exact) mass is 357 g/mol. The molecule has 0 atom stereocenters. The highest BCUT2D eigenvalue weighted by Gasteiger charge is 2.14. The van der Waals surface area contributed by atoms with E-state index in [4.69, 9.17) is 15.2 Å². The minimum atomic E-state index is -0.705. The zero-order valence-electron chi connectivity index (χ0n) is 14.2. The van der Waals surface area contributed by atoms with E-state index in [2.05, 4.69) is 10.6 Å². The minimum absolute atomic E-state index is 0.0942. The van der Waals surface area contributed by atoms with Crippen LogP contribution >= 0.6 is 0 Å². The van der Waals surface area contributed by atoms with Gasteiger partial charge in [0.15, 0.2) is 6.61 Å². The van der Waals surface area contributed by atoms with Gasteiger partial charge in [0.25, 0.3) is 11.8 Å². The largest absolute Gasteiger partial charge is 0.497 e. The van der Waals surface area contributed by atoms with Crippen LogP contribution in [0.15, 0.2) is 48.5 Å². The molecule has 2 aromatic carbocycles. The summed E-state index contributed by atoms with van der Waals surface area (Å²) >= 11 is 0. The molecule has 0 heterocycles. The molecular formula is C18H19N3O5. The number of ether oxygens (including phenoxy) is 2. The highest BCUT2D eigenvalue weighted by molar-refractivity contribution is 5.97. The van der Waals surface area contributed by atoms with Crippen molar-refractivity contribution in [1.82, 2.24) is 10.6 Å². The first-order valence-electron chi connectivity index (χ1n) is 7.72. The van der Waals surface area contributed by atoms with Crippen LogP contribution in [0.4, 0.5) is 4.79 Å².